The first-order chi connectivity index (χ1) is 9.24. The summed E-state index contributed by atoms with van der Waals surface area (Å²) in [5.74, 6) is 0.824. The van der Waals surface area contributed by atoms with Gasteiger partial charge in [-0.2, -0.15) is 0 Å². The zero-order chi connectivity index (χ0) is 13.2. The van der Waals surface area contributed by atoms with E-state index in [-0.39, 0.29) is 0 Å². The summed E-state index contributed by atoms with van der Waals surface area (Å²) in [6.45, 7) is 0. The molecule has 5 heteroatoms. The van der Waals surface area contributed by atoms with Crippen molar-refractivity contribution >= 4 is 28.3 Å². The van der Waals surface area contributed by atoms with E-state index in [0.29, 0.717) is 10.2 Å². The van der Waals surface area contributed by atoms with Gasteiger partial charge in [0.2, 0.25) is 0 Å². The quantitative estimate of drug-likeness (QED) is 0.735. The number of rotatable bonds is 2. The van der Waals surface area contributed by atoms with Gasteiger partial charge in [0.25, 0.3) is 0 Å². The van der Waals surface area contributed by atoms with E-state index < -0.39 is 0 Å². The van der Waals surface area contributed by atoms with Crippen LogP contribution >= 0.6 is 23.1 Å². The fraction of sp³-hybridized carbons (Fsp3) is 0. The van der Waals surface area contributed by atoms with Crippen LogP contribution in [0.25, 0.3) is 17.1 Å². The molecular formula is C14H11ClN3S+. The summed E-state index contributed by atoms with van der Waals surface area (Å²) in [5.41, 5.74) is 7.83. The number of benzene rings is 2. The molecule has 0 radical (unpaired) electrons. The first-order valence-corrected chi connectivity index (χ1v) is 6.89. The van der Waals surface area contributed by atoms with Crippen LogP contribution in [0.1, 0.15) is 0 Å². The topological polar surface area (TPSA) is 42.8 Å². The molecule has 0 atom stereocenters. The third kappa shape index (κ3) is 2.45. The number of nitrogen functional groups attached to an aromatic ring is 1. The van der Waals surface area contributed by atoms with E-state index in [2.05, 4.69) is 4.98 Å². The second kappa shape index (κ2) is 4.99. The zero-order valence-corrected chi connectivity index (χ0v) is 11.5. The molecule has 3 aromatic rings. The monoisotopic (exact) mass is 288 g/mol. The number of nitrogens with two attached hydrogens (primary N) is 1. The Morgan fingerprint density at radius 2 is 1.84 bits per heavy atom. The maximum atomic E-state index is 6.04. The predicted octanol–water partition coefficient (Wildman–Crippen LogP) is 3.32. The Bertz CT molecular complexity index is 710. The lowest BCUT2D eigenvalue weighted by Gasteiger charge is -1.98. The largest absolute Gasteiger partial charge is 0.351 e. The van der Waals surface area contributed by atoms with Crippen LogP contribution in [0, 0.1) is 0 Å². The average molecular weight is 289 g/mol. The van der Waals surface area contributed by atoms with Gasteiger partial charge in [0, 0.05) is 11.1 Å². The maximum Gasteiger partial charge on any atom is 0.350 e. The van der Waals surface area contributed by atoms with Crippen molar-refractivity contribution in [2.45, 2.75) is 0 Å². The standard InChI is InChI=1S/C14H10ClN3S/c15-11-7-4-8-12(9-11)18-13(17-14(16)19-18)10-5-2-1-3-6-10/h1-9,16H/p+1. The molecule has 0 unspecified atom stereocenters. The lowest BCUT2D eigenvalue weighted by Crippen LogP contribution is -2.27. The van der Waals surface area contributed by atoms with Crippen molar-refractivity contribution < 1.29 is 3.96 Å². The first-order valence-electron chi connectivity index (χ1n) is 5.74. The van der Waals surface area contributed by atoms with Gasteiger partial charge in [0.05, 0.1) is 5.56 Å². The van der Waals surface area contributed by atoms with Crippen LogP contribution in [-0.2, 0) is 0 Å². The summed E-state index contributed by atoms with van der Waals surface area (Å²) in [4.78, 5) is 4.40. The molecule has 0 amide bonds. The molecule has 19 heavy (non-hydrogen) atoms. The molecule has 0 spiro atoms. The van der Waals surface area contributed by atoms with Crippen molar-refractivity contribution in [1.82, 2.24) is 4.98 Å². The number of aromatic nitrogens is 2. The third-order valence-electron chi connectivity index (χ3n) is 2.67. The summed E-state index contributed by atoms with van der Waals surface area (Å²) in [5, 5.41) is 1.22. The van der Waals surface area contributed by atoms with Crippen LogP contribution in [0.5, 0.6) is 0 Å². The predicted molar refractivity (Wildman–Crippen MR) is 78.5 cm³/mol. The molecule has 1 aromatic heterocycles. The minimum absolute atomic E-state index is 0.527. The van der Waals surface area contributed by atoms with Gasteiger partial charge in [-0.05, 0) is 29.2 Å². The molecule has 0 aliphatic heterocycles. The summed E-state index contributed by atoms with van der Waals surface area (Å²) >= 11 is 7.44. The van der Waals surface area contributed by atoms with Crippen molar-refractivity contribution in [3.8, 4) is 17.1 Å². The second-order valence-electron chi connectivity index (χ2n) is 4.01. The van der Waals surface area contributed by atoms with Crippen molar-refractivity contribution in [3.63, 3.8) is 0 Å². The molecule has 0 saturated carbocycles. The molecule has 0 saturated heterocycles. The van der Waals surface area contributed by atoms with Crippen molar-refractivity contribution in [1.29, 1.82) is 0 Å². The van der Waals surface area contributed by atoms with Crippen LogP contribution in [-0.4, -0.2) is 4.98 Å². The van der Waals surface area contributed by atoms with Crippen LogP contribution in [0.2, 0.25) is 5.02 Å². The van der Waals surface area contributed by atoms with E-state index in [1.807, 2.05) is 58.6 Å². The van der Waals surface area contributed by atoms with Crippen LogP contribution < -0.4 is 9.69 Å². The highest BCUT2D eigenvalue weighted by molar-refractivity contribution is 7.05. The minimum Gasteiger partial charge on any atom is -0.351 e. The van der Waals surface area contributed by atoms with Crippen molar-refractivity contribution in [2.24, 2.45) is 0 Å². The Morgan fingerprint density at radius 1 is 1.05 bits per heavy atom. The van der Waals surface area contributed by atoms with Gasteiger partial charge in [-0.15, -0.1) is 3.96 Å². The lowest BCUT2D eigenvalue weighted by atomic mass is 10.2. The fourth-order valence-corrected chi connectivity index (χ4v) is 2.80. The molecule has 94 valence electrons. The summed E-state index contributed by atoms with van der Waals surface area (Å²) < 4.78 is 1.98. The summed E-state index contributed by atoms with van der Waals surface area (Å²) in [6, 6.07) is 17.6. The molecule has 3 nitrogen and oxygen atoms in total. The molecule has 2 N–H and O–H groups in total. The molecule has 0 aliphatic carbocycles. The number of halogens is 1. The Balaban J connectivity index is 2.18. The first kappa shape index (κ1) is 12.1. The van der Waals surface area contributed by atoms with E-state index in [1.165, 1.54) is 11.5 Å². The highest BCUT2D eigenvalue weighted by Crippen LogP contribution is 2.21. The Morgan fingerprint density at radius 3 is 2.58 bits per heavy atom. The molecule has 1 heterocycles. The van der Waals surface area contributed by atoms with Gasteiger partial charge in [-0.3, -0.25) is 0 Å². The Labute approximate surface area is 120 Å². The van der Waals surface area contributed by atoms with Gasteiger partial charge in [-0.25, -0.2) is 0 Å². The van der Waals surface area contributed by atoms with Crippen LogP contribution in [0.15, 0.2) is 54.6 Å². The van der Waals surface area contributed by atoms with Gasteiger partial charge >= 0.3 is 11.0 Å². The summed E-state index contributed by atoms with van der Waals surface area (Å²) in [7, 11) is 0. The highest BCUT2D eigenvalue weighted by atomic mass is 35.5. The van der Waals surface area contributed by atoms with Crippen LogP contribution in [0.4, 0.5) is 5.13 Å². The van der Waals surface area contributed by atoms with Gasteiger partial charge in [0.15, 0.2) is 0 Å². The normalized spacial score (nSPS) is 10.6. The molecule has 2 aromatic carbocycles. The molecule has 0 bridgehead atoms. The van der Waals surface area contributed by atoms with Crippen LogP contribution in [0.3, 0.4) is 0 Å². The van der Waals surface area contributed by atoms with Gasteiger partial charge in [0.1, 0.15) is 17.2 Å². The Kier molecular flexibility index (Phi) is 3.19. The van der Waals surface area contributed by atoms with E-state index >= 15 is 0 Å². The molecule has 0 aliphatic rings. The number of hydrogen-bond acceptors (Lipinski definition) is 3. The van der Waals surface area contributed by atoms with E-state index in [0.717, 1.165) is 17.1 Å². The SMILES string of the molecule is Nc1nc(-c2ccccc2)[n+](-c2cccc(Cl)c2)s1. The van der Waals surface area contributed by atoms with Crippen molar-refractivity contribution in [3.05, 3.63) is 59.6 Å². The number of anilines is 1. The lowest BCUT2D eigenvalue weighted by molar-refractivity contribution is -0.509. The van der Waals surface area contributed by atoms with E-state index in [4.69, 9.17) is 17.3 Å². The van der Waals surface area contributed by atoms with Gasteiger partial charge < -0.3 is 5.73 Å². The Hall–Kier alpha value is -1.91. The molecular weight excluding hydrogens is 278 g/mol. The van der Waals surface area contributed by atoms with Crippen molar-refractivity contribution in [2.75, 3.05) is 5.73 Å². The number of nitrogens with zero attached hydrogens (tertiary/aromatic N) is 2. The smallest absolute Gasteiger partial charge is 0.350 e. The number of hydrogen-bond donors (Lipinski definition) is 1. The second-order valence-corrected chi connectivity index (χ2v) is 5.41. The van der Waals surface area contributed by atoms with Gasteiger partial charge in [-0.1, -0.05) is 35.9 Å². The maximum absolute atomic E-state index is 6.04. The third-order valence-corrected chi connectivity index (χ3v) is 3.75. The summed E-state index contributed by atoms with van der Waals surface area (Å²) in [6.07, 6.45) is 0. The minimum atomic E-state index is 0.527. The molecule has 0 fully saturated rings. The zero-order valence-electron chi connectivity index (χ0n) is 9.95. The molecule has 3 rings (SSSR count). The average Bonchev–Trinajstić information content (AvgIpc) is 2.82. The van der Waals surface area contributed by atoms with E-state index in [1.54, 1.807) is 0 Å². The fourth-order valence-electron chi connectivity index (χ4n) is 1.85. The highest BCUT2D eigenvalue weighted by Gasteiger charge is 2.22. The van der Waals surface area contributed by atoms with E-state index in [9.17, 15) is 0 Å².